The van der Waals surface area contributed by atoms with Crippen molar-refractivity contribution in [2.24, 2.45) is 0 Å². The van der Waals surface area contributed by atoms with Gasteiger partial charge in [-0.25, -0.2) is 4.79 Å². The fraction of sp³-hybridized carbons (Fsp3) is 0.300. The van der Waals surface area contributed by atoms with E-state index in [1.54, 1.807) is 17.8 Å². The third-order valence-corrected chi connectivity index (χ3v) is 4.71. The Bertz CT molecular complexity index is 797. The molecule has 0 aliphatic rings. The molecule has 0 saturated heterocycles. The monoisotopic (exact) mass is 405 g/mol. The molecule has 28 heavy (non-hydrogen) atoms. The van der Waals surface area contributed by atoms with Gasteiger partial charge in [-0.2, -0.15) is 0 Å². The quantitative estimate of drug-likeness (QED) is 0.370. The summed E-state index contributed by atoms with van der Waals surface area (Å²) in [5, 5.41) is 2.72. The van der Waals surface area contributed by atoms with Gasteiger partial charge in [-0.1, -0.05) is 18.2 Å². The van der Waals surface area contributed by atoms with E-state index in [4.69, 9.17) is 18.9 Å². The molecule has 0 aliphatic carbocycles. The van der Waals surface area contributed by atoms with Gasteiger partial charge in [-0.3, -0.25) is 4.79 Å². The number of benzene rings is 2. The number of methoxy groups -OCH3 is 3. The highest BCUT2D eigenvalue weighted by atomic mass is 32.2. The molecule has 0 spiro atoms. The minimum absolute atomic E-state index is 0.146. The van der Waals surface area contributed by atoms with E-state index in [2.05, 4.69) is 5.32 Å². The van der Waals surface area contributed by atoms with Gasteiger partial charge in [0.05, 0.1) is 21.3 Å². The van der Waals surface area contributed by atoms with E-state index in [9.17, 15) is 9.59 Å². The smallest absolute Gasteiger partial charge is 0.342 e. The molecule has 2 aromatic rings. The maximum Gasteiger partial charge on any atom is 0.342 e. The van der Waals surface area contributed by atoms with Crippen molar-refractivity contribution in [1.82, 2.24) is 5.32 Å². The van der Waals surface area contributed by atoms with Crippen LogP contribution in [0.1, 0.15) is 10.4 Å². The molecule has 0 bridgehead atoms. The van der Waals surface area contributed by atoms with Crippen LogP contribution in [-0.2, 0) is 9.53 Å². The predicted molar refractivity (Wildman–Crippen MR) is 107 cm³/mol. The fourth-order valence-electron chi connectivity index (χ4n) is 2.40. The number of nitrogens with one attached hydrogen (secondary N) is 1. The van der Waals surface area contributed by atoms with Gasteiger partial charge in [-0.15, -0.1) is 11.8 Å². The first-order chi connectivity index (χ1) is 13.6. The zero-order chi connectivity index (χ0) is 20.4. The summed E-state index contributed by atoms with van der Waals surface area (Å²) in [5.41, 5.74) is 0.146. The van der Waals surface area contributed by atoms with Gasteiger partial charge in [0.2, 0.25) is 5.75 Å². The van der Waals surface area contributed by atoms with Crippen LogP contribution in [-0.4, -0.2) is 52.1 Å². The average Bonchev–Trinajstić information content (AvgIpc) is 2.74. The molecule has 2 rings (SSSR count). The number of carbonyl (C=O) groups is 2. The number of hydrogen-bond acceptors (Lipinski definition) is 7. The lowest BCUT2D eigenvalue weighted by molar-refractivity contribution is -0.124. The Kier molecular flexibility index (Phi) is 8.48. The van der Waals surface area contributed by atoms with Crippen LogP contribution in [0.25, 0.3) is 0 Å². The van der Waals surface area contributed by atoms with E-state index in [1.165, 1.54) is 27.4 Å². The van der Waals surface area contributed by atoms with Crippen molar-refractivity contribution in [2.75, 3.05) is 40.2 Å². The summed E-state index contributed by atoms with van der Waals surface area (Å²) in [6.45, 7) is 0.0853. The van der Waals surface area contributed by atoms with Crippen molar-refractivity contribution in [3.8, 4) is 17.2 Å². The molecule has 2 aromatic carbocycles. The summed E-state index contributed by atoms with van der Waals surface area (Å²) in [6.07, 6.45) is 0. The van der Waals surface area contributed by atoms with Gasteiger partial charge >= 0.3 is 5.97 Å². The molecule has 8 heteroatoms. The Hall–Kier alpha value is -2.87. The van der Waals surface area contributed by atoms with Crippen LogP contribution in [0.5, 0.6) is 17.2 Å². The molecule has 150 valence electrons. The number of thioether (sulfide) groups is 1. The highest BCUT2D eigenvalue weighted by molar-refractivity contribution is 7.99. The van der Waals surface area contributed by atoms with Crippen LogP contribution < -0.4 is 19.5 Å². The van der Waals surface area contributed by atoms with E-state index in [0.717, 1.165) is 4.90 Å². The number of rotatable bonds is 10. The first-order valence-corrected chi connectivity index (χ1v) is 9.50. The predicted octanol–water partition coefficient (Wildman–Crippen LogP) is 2.78. The molecule has 0 atom stereocenters. The molecule has 0 heterocycles. The standard InChI is InChI=1S/C20H23NO6S/c1-24-16-10-9-15(18(25-2)19(16)26-3)20(23)27-13-17(22)21-11-12-28-14-7-5-4-6-8-14/h4-10H,11-13H2,1-3H3,(H,21,22). The van der Waals surface area contributed by atoms with E-state index in [1.807, 2.05) is 30.3 Å². The number of ether oxygens (including phenoxy) is 4. The lowest BCUT2D eigenvalue weighted by Crippen LogP contribution is -2.30. The highest BCUT2D eigenvalue weighted by Gasteiger charge is 2.22. The van der Waals surface area contributed by atoms with Crippen molar-refractivity contribution in [3.05, 3.63) is 48.0 Å². The molecule has 0 aliphatic heterocycles. The van der Waals surface area contributed by atoms with Gasteiger partial charge in [-0.05, 0) is 24.3 Å². The SMILES string of the molecule is COc1ccc(C(=O)OCC(=O)NCCSc2ccccc2)c(OC)c1OC. The Morgan fingerprint density at radius 2 is 1.64 bits per heavy atom. The second kappa shape index (κ2) is 11.1. The second-order valence-electron chi connectivity index (χ2n) is 5.47. The summed E-state index contributed by atoms with van der Waals surface area (Å²) in [6, 6.07) is 12.9. The van der Waals surface area contributed by atoms with Gasteiger partial charge in [0.15, 0.2) is 18.1 Å². The molecule has 1 N–H and O–H groups in total. The van der Waals surface area contributed by atoms with E-state index < -0.39 is 5.97 Å². The third kappa shape index (κ3) is 5.82. The van der Waals surface area contributed by atoms with E-state index >= 15 is 0 Å². The molecule has 7 nitrogen and oxygen atoms in total. The van der Waals surface area contributed by atoms with Crippen molar-refractivity contribution >= 4 is 23.6 Å². The van der Waals surface area contributed by atoms with Crippen molar-refractivity contribution < 1.29 is 28.5 Å². The van der Waals surface area contributed by atoms with Crippen LogP contribution >= 0.6 is 11.8 Å². The molecular formula is C20H23NO6S. The van der Waals surface area contributed by atoms with E-state index in [0.29, 0.717) is 18.0 Å². The van der Waals surface area contributed by atoms with Crippen molar-refractivity contribution in [2.45, 2.75) is 4.90 Å². The maximum atomic E-state index is 12.3. The Balaban J connectivity index is 1.83. The van der Waals surface area contributed by atoms with Gasteiger partial charge in [0.1, 0.15) is 5.56 Å². The zero-order valence-electron chi connectivity index (χ0n) is 16.0. The first kappa shape index (κ1) is 21.4. The summed E-state index contributed by atoms with van der Waals surface area (Å²) in [7, 11) is 4.33. The van der Waals surface area contributed by atoms with Crippen LogP contribution in [0.4, 0.5) is 0 Å². The van der Waals surface area contributed by atoms with E-state index in [-0.39, 0.29) is 29.6 Å². The van der Waals surface area contributed by atoms with Crippen LogP contribution in [0.3, 0.4) is 0 Å². The molecule has 0 aromatic heterocycles. The zero-order valence-corrected chi connectivity index (χ0v) is 16.8. The lowest BCUT2D eigenvalue weighted by Gasteiger charge is -2.15. The minimum Gasteiger partial charge on any atom is -0.493 e. The first-order valence-electron chi connectivity index (χ1n) is 8.51. The maximum absolute atomic E-state index is 12.3. The summed E-state index contributed by atoms with van der Waals surface area (Å²) in [5.74, 6) is 0.540. The van der Waals surface area contributed by atoms with Crippen molar-refractivity contribution in [3.63, 3.8) is 0 Å². The van der Waals surface area contributed by atoms with Gasteiger partial charge in [0.25, 0.3) is 5.91 Å². The highest BCUT2D eigenvalue weighted by Crippen LogP contribution is 2.39. The number of carbonyl (C=O) groups excluding carboxylic acids is 2. The van der Waals surface area contributed by atoms with Crippen LogP contribution in [0.2, 0.25) is 0 Å². The Morgan fingerprint density at radius 3 is 2.29 bits per heavy atom. The van der Waals surface area contributed by atoms with Crippen LogP contribution in [0, 0.1) is 0 Å². The molecular weight excluding hydrogens is 382 g/mol. The molecule has 0 saturated carbocycles. The molecule has 0 unspecified atom stereocenters. The second-order valence-corrected chi connectivity index (χ2v) is 6.64. The largest absolute Gasteiger partial charge is 0.493 e. The summed E-state index contributed by atoms with van der Waals surface area (Å²) < 4.78 is 20.7. The molecule has 0 fully saturated rings. The van der Waals surface area contributed by atoms with Gasteiger partial charge in [0, 0.05) is 17.2 Å². The normalized spacial score (nSPS) is 10.1. The Morgan fingerprint density at radius 1 is 0.929 bits per heavy atom. The number of esters is 1. The Labute approximate surface area is 168 Å². The topological polar surface area (TPSA) is 83.1 Å². The fourth-order valence-corrected chi connectivity index (χ4v) is 3.19. The summed E-state index contributed by atoms with van der Waals surface area (Å²) >= 11 is 1.63. The lowest BCUT2D eigenvalue weighted by atomic mass is 10.1. The third-order valence-electron chi connectivity index (χ3n) is 3.69. The number of amides is 1. The minimum atomic E-state index is -0.688. The molecule has 0 radical (unpaired) electrons. The van der Waals surface area contributed by atoms with Crippen LogP contribution in [0.15, 0.2) is 47.4 Å². The molecule has 1 amide bonds. The van der Waals surface area contributed by atoms with Crippen molar-refractivity contribution in [1.29, 1.82) is 0 Å². The van der Waals surface area contributed by atoms with Gasteiger partial charge < -0.3 is 24.3 Å². The summed E-state index contributed by atoms with van der Waals surface area (Å²) in [4.78, 5) is 25.4. The number of hydrogen-bond donors (Lipinski definition) is 1. The average molecular weight is 405 g/mol.